The summed E-state index contributed by atoms with van der Waals surface area (Å²) in [6.45, 7) is 2.50. The van der Waals surface area contributed by atoms with Gasteiger partial charge < -0.3 is 39.0 Å². The lowest BCUT2D eigenvalue weighted by atomic mass is 9.82. The summed E-state index contributed by atoms with van der Waals surface area (Å²) in [7, 11) is 2.64. The van der Waals surface area contributed by atoms with Crippen LogP contribution < -0.4 is 4.90 Å². The summed E-state index contributed by atoms with van der Waals surface area (Å²) in [6.07, 6.45) is -3.39. The Kier molecular flexibility index (Phi) is 6.41. The molecule has 7 atom stereocenters. The van der Waals surface area contributed by atoms with E-state index >= 15 is 0 Å². The van der Waals surface area contributed by atoms with E-state index in [0.29, 0.717) is 31.5 Å². The number of carbonyl (C=O) groups excluding carboxylic acids is 1. The Labute approximate surface area is 198 Å². The third-order valence-electron chi connectivity index (χ3n) is 7.76. The van der Waals surface area contributed by atoms with Crippen molar-refractivity contribution in [2.75, 3.05) is 38.8 Å². The molecule has 3 aliphatic heterocycles. The molecule has 1 aliphatic carbocycles. The summed E-state index contributed by atoms with van der Waals surface area (Å²) in [5.74, 6) is -0.0551. The van der Waals surface area contributed by atoms with Gasteiger partial charge in [0.15, 0.2) is 6.10 Å². The van der Waals surface area contributed by atoms with Crippen molar-refractivity contribution in [2.45, 2.75) is 62.4 Å². The third-order valence-corrected chi connectivity index (χ3v) is 7.76. The molecule has 34 heavy (non-hydrogen) atoms. The van der Waals surface area contributed by atoms with E-state index in [2.05, 4.69) is 17.0 Å². The van der Waals surface area contributed by atoms with E-state index in [1.165, 1.54) is 44.7 Å². The van der Waals surface area contributed by atoms with E-state index in [-0.39, 0.29) is 0 Å². The number of fused-ring (bicyclic) bond motifs is 2. The zero-order chi connectivity index (χ0) is 24.0. The summed E-state index contributed by atoms with van der Waals surface area (Å²) in [5, 5.41) is 20.2. The largest absolute Gasteiger partial charge is 0.479 e. The molecule has 1 aromatic carbocycles. The standard InChI is InChI=1S/C24H32N2O8/c1-31-19-18(27)23(33-21(22(28)29)20(19)32-2)34-24(30)26-10-9-25-11-13-5-3-7-15(13)16-8-4-6-14(12-26)17(16)25/h4,6,8,13,15,18-21,23,27H,3,5,7,9-12H2,1-2H3,(H,28,29)/t13-,15-,18?,19?,20?,21?,23?/m0/s1. The molecule has 1 saturated carbocycles. The molecule has 186 valence electrons. The maximum Gasteiger partial charge on any atom is 0.412 e. The van der Waals surface area contributed by atoms with Gasteiger partial charge in [0.2, 0.25) is 6.29 Å². The minimum atomic E-state index is -1.50. The number of hydrogen-bond acceptors (Lipinski definition) is 8. The highest BCUT2D eigenvalue weighted by Crippen LogP contribution is 2.49. The van der Waals surface area contributed by atoms with Crippen molar-refractivity contribution >= 4 is 17.7 Å². The lowest BCUT2D eigenvalue weighted by molar-refractivity contribution is -0.287. The number of rotatable bonds is 4. The normalized spacial score (nSPS) is 34.7. The highest BCUT2D eigenvalue weighted by Gasteiger charge is 2.51. The second-order valence-corrected chi connectivity index (χ2v) is 9.56. The first-order chi connectivity index (χ1) is 16.4. The molecule has 10 nitrogen and oxygen atoms in total. The Bertz CT molecular complexity index is 942. The quantitative estimate of drug-likeness (QED) is 0.667. The fraction of sp³-hybridized carbons (Fsp3) is 0.667. The Morgan fingerprint density at radius 1 is 1.12 bits per heavy atom. The Morgan fingerprint density at radius 3 is 2.65 bits per heavy atom. The minimum Gasteiger partial charge on any atom is -0.479 e. The van der Waals surface area contributed by atoms with Crippen LogP contribution in [0.1, 0.15) is 36.3 Å². The second kappa shape index (κ2) is 9.33. The van der Waals surface area contributed by atoms with E-state index in [9.17, 15) is 19.8 Å². The van der Waals surface area contributed by atoms with Crippen LogP contribution in [0.15, 0.2) is 18.2 Å². The molecule has 0 radical (unpaired) electrons. The van der Waals surface area contributed by atoms with Crippen LogP contribution in [0.3, 0.4) is 0 Å². The molecule has 1 aromatic rings. The molecular formula is C24H32N2O8. The summed E-state index contributed by atoms with van der Waals surface area (Å²) in [4.78, 5) is 28.8. The summed E-state index contributed by atoms with van der Waals surface area (Å²) < 4.78 is 21.4. The number of nitrogens with zero attached hydrogens (tertiary/aromatic N) is 2. The number of aliphatic carboxylic acids is 1. The van der Waals surface area contributed by atoms with E-state index in [4.69, 9.17) is 18.9 Å². The number of methoxy groups -OCH3 is 2. The minimum absolute atomic E-state index is 0.371. The molecule has 0 spiro atoms. The number of anilines is 1. The average Bonchev–Trinajstić information content (AvgIpc) is 3.22. The van der Waals surface area contributed by atoms with Crippen molar-refractivity contribution in [3.8, 4) is 0 Å². The van der Waals surface area contributed by atoms with Gasteiger partial charge in [0.1, 0.15) is 18.3 Å². The number of carboxylic acid groups (broad SMARTS) is 1. The van der Waals surface area contributed by atoms with Gasteiger partial charge in [-0.15, -0.1) is 0 Å². The molecule has 5 unspecified atom stereocenters. The Balaban J connectivity index is 1.34. The van der Waals surface area contributed by atoms with Gasteiger partial charge in [0.25, 0.3) is 0 Å². The maximum absolute atomic E-state index is 13.2. The first-order valence-electron chi connectivity index (χ1n) is 11.9. The Morgan fingerprint density at radius 2 is 1.91 bits per heavy atom. The fourth-order valence-corrected chi connectivity index (χ4v) is 6.17. The molecular weight excluding hydrogens is 444 g/mol. The first-order valence-corrected chi connectivity index (χ1v) is 11.9. The summed E-state index contributed by atoms with van der Waals surface area (Å²) in [5.41, 5.74) is 3.69. The van der Waals surface area contributed by atoms with Gasteiger partial charge in [0, 0.05) is 39.5 Å². The molecule has 4 aliphatic rings. The van der Waals surface area contributed by atoms with Gasteiger partial charge in [-0.1, -0.05) is 24.6 Å². The molecule has 3 heterocycles. The predicted octanol–water partition coefficient (Wildman–Crippen LogP) is 1.54. The van der Waals surface area contributed by atoms with E-state index in [1.54, 1.807) is 4.90 Å². The van der Waals surface area contributed by atoms with Crippen LogP contribution in [0, 0.1) is 5.92 Å². The summed E-state index contributed by atoms with van der Waals surface area (Å²) in [6, 6.07) is 6.32. The molecule has 0 bridgehead atoms. The third kappa shape index (κ3) is 3.92. The van der Waals surface area contributed by atoms with Crippen LogP contribution in [-0.2, 0) is 30.3 Å². The van der Waals surface area contributed by atoms with Crippen LogP contribution >= 0.6 is 0 Å². The zero-order valence-electron chi connectivity index (χ0n) is 19.5. The number of ether oxygens (including phenoxy) is 4. The number of amides is 1. The van der Waals surface area contributed by atoms with Gasteiger partial charge >= 0.3 is 12.1 Å². The molecule has 2 fully saturated rings. The van der Waals surface area contributed by atoms with Crippen LogP contribution in [0.5, 0.6) is 0 Å². The monoisotopic (exact) mass is 476 g/mol. The average molecular weight is 477 g/mol. The maximum atomic E-state index is 13.2. The topological polar surface area (TPSA) is 118 Å². The lowest BCUT2D eigenvalue weighted by Crippen LogP contribution is -2.62. The van der Waals surface area contributed by atoms with Gasteiger partial charge in [-0.2, -0.15) is 0 Å². The molecule has 0 aromatic heterocycles. The van der Waals surface area contributed by atoms with E-state index in [1.807, 2.05) is 6.07 Å². The van der Waals surface area contributed by atoms with Crippen molar-refractivity contribution < 1.29 is 38.7 Å². The zero-order valence-corrected chi connectivity index (χ0v) is 19.5. The fourth-order valence-electron chi connectivity index (χ4n) is 6.17. The number of benzene rings is 1. The molecule has 2 N–H and O–H groups in total. The number of para-hydroxylation sites is 1. The van der Waals surface area contributed by atoms with Crippen LogP contribution in [0.2, 0.25) is 0 Å². The Hall–Kier alpha value is -2.40. The highest BCUT2D eigenvalue weighted by atomic mass is 16.7. The second-order valence-electron chi connectivity index (χ2n) is 9.56. The number of aliphatic hydroxyl groups is 1. The van der Waals surface area contributed by atoms with Gasteiger partial charge in [0.05, 0.1) is 6.54 Å². The number of hydrogen-bond donors (Lipinski definition) is 2. The molecule has 1 saturated heterocycles. The van der Waals surface area contributed by atoms with Crippen molar-refractivity contribution in [2.24, 2.45) is 5.92 Å². The van der Waals surface area contributed by atoms with Crippen LogP contribution in [0.4, 0.5) is 10.5 Å². The van der Waals surface area contributed by atoms with Crippen LogP contribution in [0.25, 0.3) is 0 Å². The first kappa shape index (κ1) is 23.3. The molecule has 10 heteroatoms. The molecule has 5 rings (SSSR count). The molecule has 1 amide bonds. The van der Waals surface area contributed by atoms with E-state index in [0.717, 1.165) is 12.1 Å². The van der Waals surface area contributed by atoms with E-state index < -0.39 is 42.8 Å². The highest BCUT2D eigenvalue weighted by molar-refractivity contribution is 5.74. The predicted molar refractivity (Wildman–Crippen MR) is 120 cm³/mol. The van der Waals surface area contributed by atoms with Crippen molar-refractivity contribution in [3.63, 3.8) is 0 Å². The SMILES string of the molecule is COC1C(C(=O)O)OC(OC(=O)N2CCN3C[C@@H]4CCC[C@@H]4c4cccc(c43)C2)C(O)C1OC. The van der Waals surface area contributed by atoms with Crippen LogP contribution in [-0.4, -0.2) is 91.7 Å². The van der Waals surface area contributed by atoms with Gasteiger partial charge in [-0.05, 0) is 35.8 Å². The number of carboxylic acids is 1. The number of carbonyl (C=O) groups is 2. The number of aliphatic hydroxyl groups excluding tert-OH is 1. The van der Waals surface area contributed by atoms with Crippen molar-refractivity contribution in [1.82, 2.24) is 4.90 Å². The van der Waals surface area contributed by atoms with Gasteiger partial charge in [-0.25, -0.2) is 9.59 Å². The van der Waals surface area contributed by atoms with Crippen molar-refractivity contribution in [3.05, 3.63) is 29.3 Å². The lowest BCUT2D eigenvalue weighted by Gasteiger charge is -2.41. The van der Waals surface area contributed by atoms with Crippen molar-refractivity contribution in [1.29, 1.82) is 0 Å². The van der Waals surface area contributed by atoms with Gasteiger partial charge in [-0.3, -0.25) is 0 Å². The summed E-state index contributed by atoms with van der Waals surface area (Å²) >= 11 is 0. The smallest absolute Gasteiger partial charge is 0.412 e.